The first-order valence-electron chi connectivity index (χ1n) is 4.45. The topological polar surface area (TPSA) is 60.2 Å². The molecule has 0 atom stereocenters. The summed E-state index contributed by atoms with van der Waals surface area (Å²) in [5.74, 6) is 0. The Morgan fingerprint density at radius 2 is 2.00 bits per heavy atom. The van der Waals surface area contributed by atoms with Crippen molar-refractivity contribution in [2.45, 2.75) is 18.2 Å². The highest BCUT2D eigenvalue weighted by molar-refractivity contribution is 7.90. The molecule has 0 spiro atoms. The van der Waals surface area contributed by atoms with Gasteiger partial charge in [-0.15, -0.1) is 0 Å². The number of sulfone groups is 1. The highest BCUT2D eigenvalue weighted by atomic mass is 32.2. The van der Waals surface area contributed by atoms with Gasteiger partial charge >= 0.3 is 0 Å². The minimum atomic E-state index is -3.13. The van der Waals surface area contributed by atoms with E-state index in [2.05, 4.69) is 0 Å². The maximum absolute atomic E-state index is 11.4. The summed E-state index contributed by atoms with van der Waals surface area (Å²) in [5, 5.41) is 0. The minimum absolute atomic E-state index is 0.406. The van der Waals surface area contributed by atoms with Crippen LogP contribution < -0.4 is 5.73 Å². The van der Waals surface area contributed by atoms with Crippen molar-refractivity contribution in [3.63, 3.8) is 0 Å². The number of hydrogen-bond donors (Lipinski definition) is 1. The van der Waals surface area contributed by atoms with E-state index in [4.69, 9.17) is 5.73 Å². The van der Waals surface area contributed by atoms with E-state index < -0.39 is 9.84 Å². The molecule has 0 fully saturated rings. The fraction of sp³-hybridized carbons (Fsp3) is 0.400. The Hall–Kier alpha value is -0.870. The van der Waals surface area contributed by atoms with Crippen LogP contribution in [0.1, 0.15) is 11.1 Å². The first-order chi connectivity index (χ1) is 6.45. The molecule has 1 rings (SSSR count). The number of aryl methyl sites for hydroxylation is 1. The van der Waals surface area contributed by atoms with Crippen molar-refractivity contribution in [1.82, 2.24) is 0 Å². The summed E-state index contributed by atoms with van der Waals surface area (Å²) in [7, 11) is -3.13. The van der Waals surface area contributed by atoms with Crippen LogP contribution in [0.4, 0.5) is 0 Å². The Balaban J connectivity index is 3.30. The van der Waals surface area contributed by atoms with Gasteiger partial charge in [0.15, 0.2) is 9.84 Å². The van der Waals surface area contributed by atoms with Crippen LogP contribution in [0, 0.1) is 6.92 Å². The molecule has 0 unspecified atom stereocenters. The fourth-order valence-corrected chi connectivity index (χ4v) is 2.42. The number of nitrogens with two attached hydrogens (primary N) is 1. The quantitative estimate of drug-likeness (QED) is 0.811. The molecule has 78 valence electrons. The van der Waals surface area contributed by atoms with Gasteiger partial charge in [0, 0.05) is 6.26 Å². The summed E-state index contributed by atoms with van der Waals surface area (Å²) in [5.41, 5.74) is 7.17. The monoisotopic (exact) mass is 213 g/mol. The first-order valence-corrected chi connectivity index (χ1v) is 6.34. The molecule has 0 aliphatic carbocycles. The third kappa shape index (κ3) is 2.56. The molecule has 0 saturated heterocycles. The van der Waals surface area contributed by atoms with Gasteiger partial charge in [0.25, 0.3) is 0 Å². The number of rotatable bonds is 3. The molecule has 3 nitrogen and oxygen atoms in total. The molecular weight excluding hydrogens is 198 g/mol. The average Bonchev–Trinajstić information content (AvgIpc) is 2.07. The largest absolute Gasteiger partial charge is 0.330 e. The van der Waals surface area contributed by atoms with E-state index in [-0.39, 0.29) is 0 Å². The Morgan fingerprint density at radius 3 is 2.50 bits per heavy atom. The molecule has 4 heteroatoms. The zero-order chi connectivity index (χ0) is 10.8. The molecule has 0 heterocycles. The zero-order valence-electron chi connectivity index (χ0n) is 8.45. The van der Waals surface area contributed by atoms with Crippen molar-refractivity contribution >= 4 is 9.84 Å². The second-order valence-electron chi connectivity index (χ2n) is 3.42. The average molecular weight is 213 g/mol. The van der Waals surface area contributed by atoms with Crippen LogP contribution in [0.3, 0.4) is 0 Å². The molecule has 0 saturated carbocycles. The summed E-state index contributed by atoms with van der Waals surface area (Å²) >= 11 is 0. The van der Waals surface area contributed by atoms with E-state index in [9.17, 15) is 8.42 Å². The lowest BCUT2D eigenvalue weighted by Gasteiger charge is -2.07. The second-order valence-corrected chi connectivity index (χ2v) is 5.41. The lowest BCUT2D eigenvalue weighted by Crippen LogP contribution is -2.08. The predicted octanol–water partition coefficient (Wildman–Crippen LogP) is 0.900. The third-order valence-corrected chi connectivity index (χ3v) is 3.21. The standard InChI is InChI=1S/C10H15NO2S/c1-8-3-4-9(5-6-11)10(7-8)14(2,12)13/h3-4,7H,5-6,11H2,1-2H3. The minimum Gasteiger partial charge on any atom is -0.330 e. The van der Waals surface area contributed by atoms with Gasteiger partial charge in [-0.25, -0.2) is 8.42 Å². The molecule has 1 aromatic rings. The van der Waals surface area contributed by atoms with Gasteiger partial charge in [0.1, 0.15) is 0 Å². The van der Waals surface area contributed by atoms with E-state index in [1.807, 2.05) is 19.1 Å². The summed E-state index contributed by atoms with van der Waals surface area (Å²) in [6, 6.07) is 5.43. The maximum atomic E-state index is 11.4. The molecule has 2 N–H and O–H groups in total. The number of hydrogen-bond acceptors (Lipinski definition) is 3. The van der Waals surface area contributed by atoms with Gasteiger partial charge in [-0.1, -0.05) is 12.1 Å². The summed E-state index contributed by atoms with van der Waals surface area (Å²) in [6.45, 7) is 2.34. The molecule has 14 heavy (non-hydrogen) atoms. The molecule has 0 amide bonds. The van der Waals surface area contributed by atoms with Crippen LogP contribution in [0.5, 0.6) is 0 Å². The highest BCUT2D eigenvalue weighted by Crippen LogP contribution is 2.17. The molecular formula is C10H15NO2S. The van der Waals surface area contributed by atoms with Gasteiger partial charge in [-0.3, -0.25) is 0 Å². The van der Waals surface area contributed by atoms with Crippen molar-refractivity contribution in [2.24, 2.45) is 5.73 Å². The normalized spacial score (nSPS) is 11.6. The SMILES string of the molecule is Cc1ccc(CCN)c(S(C)(=O)=O)c1. The van der Waals surface area contributed by atoms with Gasteiger partial charge in [0.2, 0.25) is 0 Å². The van der Waals surface area contributed by atoms with Gasteiger partial charge in [-0.05, 0) is 37.1 Å². The van der Waals surface area contributed by atoms with Crippen molar-refractivity contribution in [2.75, 3.05) is 12.8 Å². The molecule has 1 aromatic carbocycles. The van der Waals surface area contributed by atoms with Crippen LogP contribution in [0.25, 0.3) is 0 Å². The molecule has 0 radical (unpaired) electrons. The zero-order valence-corrected chi connectivity index (χ0v) is 9.26. The van der Waals surface area contributed by atoms with Crippen molar-refractivity contribution in [3.8, 4) is 0 Å². The fourth-order valence-electron chi connectivity index (χ4n) is 1.37. The Kier molecular flexibility index (Phi) is 3.29. The Morgan fingerprint density at radius 1 is 1.36 bits per heavy atom. The Labute approximate surface area is 84.9 Å². The van der Waals surface area contributed by atoms with E-state index in [0.29, 0.717) is 17.9 Å². The predicted molar refractivity (Wildman–Crippen MR) is 57.0 cm³/mol. The second kappa shape index (κ2) is 4.11. The van der Waals surface area contributed by atoms with Crippen molar-refractivity contribution in [1.29, 1.82) is 0 Å². The molecule has 0 aliphatic heterocycles. The smallest absolute Gasteiger partial charge is 0.175 e. The van der Waals surface area contributed by atoms with Crippen LogP contribution in [0.15, 0.2) is 23.1 Å². The van der Waals surface area contributed by atoms with Crippen LogP contribution >= 0.6 is 0 Å². The summed E-state index contributed by atoms with van der Waals surface area (Å²) in [4.78, 5) is 0.406. The first kappa shape index (κ1) is 11.2. The summed E-state index contributed by atoms with van der Waals surface area (Å²) < 4.78 is 22.9. The molecule has 0 aliphatic rings. The van der Waals surface area contributed by atoms with Crippen molar-refractivity contribution in [3.05, 3.63) is 29.3 Å². The summed E-state index contributed by atoms with van der Waals surface area (Å²) in [6.07, 6.45) is 1.82. The highest BCUT2D eigenvalue weighted by Gasteiger charge is 2.12. The van der Waals surface area contributed by atoms with Gasteiger partial charge < -0.3 is 5.73 Å². The van der Waals surface area contributed by atoms with Gasteiger partial charge in [0.05, 0.1) is 4.90 Å². The van der Waals surface area contributed by atoms with E-state index in [1.54, 1.807) is 6.07 Å². The van der Waals surface area contributed by atoms with Crippen LogP contribution in [-0.2, 0) is 16.3 Å². The lowest BCUT2D eigenvalue weighted by atomic mass is 10.1. The lowest BCUT2D eigenvalue weighted by molar-refractivity contribution is 0.600. The molecule has 0 bridgehead atoms. The van der Waals surface area contributed by atoms with E-state index in [0.717, 1.165) is 11.1 Å². The van der Waals surface area contributed by atoms with Crippen LogP contribution in [-0.4, -0.2) is 21.2 Å². The van der Waals surface area contributed by atoms with E-state index in [1.165, 1.54) is 6.26 Å². The van der Waals surface area contributed by atoms with Gasteiger partial charge in [-0.2, -0.15) is 0 Å². The Bertz CT molecular complexity index is 424. The number of benzene rings is 1. The van der Waals surface area contributed by atoms with E-state index >= 15 is 0 Å². The molecule has 0 aromatic heterocycles. The third-order valence-electron chi connectivity index (χ3n) is 2.04. The van der Waals surface area contributed by atoms with Crippen LogP contribution in [0.2, 0.25) is 0 Å². The maximum Gasteiger partial charge on any atom is 0.175 e. The van der Waals surface area contributed by atoms with Crippen molar-refractivity contribution < 1.29 is 8.42 Å².